The molecule has 0 aliphatic carbocycles. The van der Waals surface area contributed by atoms with E-state index in [9.17, 15) is 14.8 Å². The van der Waals surface area contributed by atoms with Gasteiger partial charge in [0.1, 0.15) is 17.6 Å². The second-order valence-electron chi connectivity index (χ2n) is 6.01. The molecule has 0 bridgehead atoms. The summed E-state index contributed by atoms with van der Waals surface area (Å²) in [6.45, 7) is 3.68. The molecule has 1 aliphatic rings. The smallest absolute Gasteiger partial charge is 0.128 e. The molecule has 7 heteroatoms. The molecule has 2 rings (SSSR count). The minimum Gasteiger partial charge on any atom is -0.392 e. The van der Waals surface area contributed by atoms with E-state index in [4.69, 9.17) is 5.41 Å². The van der Waals surface area contributed by atoms with Gasteiger partial charge in [0.05, 0.1) is 12.6 Å². The molecule has 25 heavy (non-hydrogen) atoms. The molecule has 0 fully saturated rings. The standard InChI is InChI=1S/C18H22FN5O/c1-12(2)24-17(10-21)9-16(23-24)8-15(5-6-20)22-18-4-3-14(19)7-13(18)11-25/h3-7,9,12,16,20,22-23,25H,8,11H2,1-2H3/b15-5-,20-6?. The molecule has 132 valence electrons. The van der Waals surface area contributed by atoms with Crippen molar-refractivity contribution >= 4 is 11.9 Å². The van der Waals surface area contributed by atoms with Crippen LogP contribution >= 0.6 is 0 Å². The van der Waals surface area contributed by atoms with Crippen LogP contribution in [0.25, 0.3) is 0 Å². The first kappa shape index (κ1) is 18.6. The van der Waals surface area contributed by atoms with Crippen LogP contribution in [-0.2, 0) is 6.61 Å². The normalized spacial score (nSPS) is 17.4. The number of allylic oxidation sites excluding steroid dienone is 2. The third-order valence-corrected chi connectivity index (χ3v) is 3.81. The summed E-state index contributed by atoms with van der Waals surface area (Å²) < 4.78 is 13.3. The number of aliphatic hydroxyl groups excluding tert-OH is 1. The quantitative estimate of drug-likeness (QED) is 0.571. The van der Waals surface area contributed by atoms with E-state index >= 15 is 0 Å². The number of rotatable bonds is 7. The number of hydrogen-bond donors (Lipinski definition) is 4. The van der Waals surface area contributed by atoms with E-state index in [1.807, 2.05) is 24.9 Å². The van der Waals surface area contributed by atoms with Gasteiger partial charge in [-0.2, -0.15) is 5.26 Å². The van der Waals surface area contributed by atoms with E-state index in [-0.39, 0.29) is 18.7 Å². The van der Waals surface area contributed by atoms with E-state index in [0.717, 1.165) is 6.21 Å². The number of anilines is 1. The first-order chi connectivity index (χ1) is 12.0. The molecule has 1 unspecified atom stereocenters. The maximum absolute atomic E-state index is 13.3. The van der Waals surface area contributed by atoms with Gasteiger partial charge >= 0.3 is 0 Å². The predicted molar refractivity (Wildman–Crippen MR) is 95.0 cm³/mol. The summed E-state index contributed by atoms with van der Waals surface area (Å²) in [7, 11) is 0. The maximum Gasteiger partial charge on any atom is 0.128 e. The van der Waals surface area contributed by atoms with Crippen molar-refractivity contribution in [3.8, 4) is 6.07 Å². The van der Waals surface area contributed by atoms with Gasteiger partial charge in [-0.3, -0.25) is 5.01 Å². The Balaban J connectivity index is 2.16. The molecule has 0 radical (unpaired) electrons. The van der Waals surface area contributed by atoms with Crippen LogP contribution in [0.4, 0.5) is 10.1 Å². The van der Waals surface area contributed by atoms with Crippen LogP contribution in [-0.4, -0.2) is 28.4 Å². The molecule has 0 amide bonds. The topological polar surface area (TPSA) is 95.2 Å². The van der Waals surface area contributed by atoms with Crippen LogP contribution in [0.15, 0.2) is 41.7 Å². The molecule has 0 aromatic heterocycles. The fourth-order valence-corrected chi connectivity index (χ4v) is 2.67. The van der Waals surface area contributed by atoms with E-state index < -0.39 is 5.82 Å². The molecular weight excluding hydrogens is 321 g/mol. The average Bonchev–Trinajstić information content (AvgIpc) is 2.99. The molecule has 0 spiro atoms. The summed E-state index contributed by atoms with van der Waals surface area (Å²) in [5.41, 5.74) is 5.56. The van der Waals surface area contributed by atoms with Gasteiger partial charge < -0.3 is 15.8 Å². The molecule has 6 nitrogen and oxygen atoms in total. The van der Waals surface area contributed by atoms with Crippen molar-refractivity contribution < 1.29 is 9.50 Å². The summed E-state index contributed by atoms with van der Waals surface area (Å²) in [5.74, 6) is -0.418. The zero-order chi connectivity index (χ0) is 18.4. The van der Waals surface area contributed by atoms with Crippen LogP contribution < -0.4 is 10.7 Å². The van der Waals surface area contributed by atoms with Crippen molar-refractivity contribution in [2.75, 3.05) is 5.32 Å². The van der Waals surface area contributed by atoms with Gasteiger partial charge in [-0.15, -0.1) is 0 Å². The van der Waals surface area contributed by atoms with E-state index in [1.165, 1.54) is 12.1 Å². The number of hydrazine groups is 1. The Morgan fingerprint density at radius 3 is 2.88 bits per heavy atom. The minimum atomic E-state index is -0.418. The van der Waals surface area contributed by atoms with Crippen molar-refractivity contribution in [3.05, 3.63) is 53.1 Å². The van der Waals surface area contributed by atoms with E-state index in [1.54, 1.807) is 12.1 Å². The summed E-state index contributed by atoms with van der Waals surface area (Å²) in [4.78, 5) is 0. The van der Waals surface area contributed by atoms with Gasteiger partial charge in [0.15, 0.2) is 0 Å². The van der Waals surface area contributed by atoms with Crippen LogP contribution in [0.3, 0.4) is 0 Å². The third kappa shape index (κ3) is 4.66. The Morgan fingerprint density at radius 1 is 1.56 bits per heavy atom. The van der Waals surface area contributed by atoms with Crippen molar-refractivity contribution in [1.82, 2.24) is 10.4 Å². The number of nitriles is 1. The van der Waals surface area contributed by atoms with Gasteiger partial charge in [-0.25, -0.2) is 9.82 Å². The predicted octanol–water partition coefficient (Wildman–Crippen LogP) is 2.66. The number of hydrogen-bond acceptors (Lipinski definition) is 6. The molecule has 1 aliphatic heterocycles. The Bertz CT molecular complexity index is 735. The van der Waals surface area contributed by atoms with Crippen LogP contribution in [0, 0.1) is 22.6 Å². The highest BCUT2D eigenvalue weighted by Crippen LogP contribution is 2.23. The third-order valence-electron chi connectivity index (χ3n) is 3.81. The second-order valence-corrected chi connectivity index (χ2v) is 6.01. The number of benzene rings is 1. The van der Waals surface area contributed by atoms with Crippen molar-refractivity contribution in [1.29, 1.82) is 10.7 Å². The lowest BCUT2D eigenvalue weighted by atomic mass is 10.1. The summed E-state index contributed by atoms with van der Waals surface area (Å²) >= 11 is 0. The number of aliphatic hydroxyl groups is 1. The molecule has 0 saturated carbocycles. The first-order valence-electron chi connectivity index (χ1n) is 8.01. The zero-order valence-electron chi connectivity index (χ0n) is 14.3. The van der Waals surface area contributed by atoms with Gasteiger partial charge in [0.2, 0.25) is 0 Å². The first-order valence-corrected chi connectivity index (χ1v) is 8.01. The van der Waals surface area contributed by atoms with Crippen LogP contribution in [0.1, 0.15) is 25.8 Å². The Morgan fingerprint density at radius 2 is 2.32 bits per heavy atom. The van der Waals surface area contributed by atoms with Gasteiger partial charge in [-0.1, -0.05) is 0 Å². The molecule has 1 heterocycles. The van der Waals surface area contributed by atoms with Crippen LogP contribution in [0.5, 0.6) is 0 Å². The maximum atomic E-state index is 13.3. The lowest BCUT2D eigenvalue weighted by Crippen LogP contribution is -2.41. The highest BCUT2D eigenvalue weighted by atomic mass is 19.1. The lowest BCUT2D eigenvalue weighted by molar-refractivity contribution is 0.212. The largest absolute Gasteiger partial charge is 0.392 e. The minimum absolute atomic E-state index is 0.103. The average molecular weight is 343 g/mol. The van der Waals surface area contributed by atoms with Crippen molar-refractivity contribution in [2.24, 2.45) is 0 Å². The van der Waals surface area contributed by atoms with Crippen molar-refractivity contribution in [2.45, 2.75) is 39.0 Å². The molecule has 1 atom stereocenters. The SMILES string of the molecule is CC(C)N1NC(C/C(=C/C=N)Nc2ccc(F)cc2CO)C=C1C#N. The molecule has 1 aromatic rings. The number of nitrogens with zero attached hydrogens (tertiary/aromatic N) is 2. The molecular formula is C18H22FN5O. The van der Waals surface area contributed by atoms with Crippen molar-refractivity contribution in [3.63, 3.8) is 0 Å². The highest BCUT2D eigenvalue weighted by Gasteiger charge is 2.25. The van der Waals surface area contributed by atoms with Gasteiger partial charge in [0, 0.05) is 35.6 Å². The van der Waals surface area contributed by atoms with Crippen LogP contribution in [0.2, 0.25) is 0 Å². The Kier molecular flexibility index (Phi) is 6.28. The van der Waals surface area contributed by atoms with Gasteiger partial charge in [0.25, 0.3) is 0 Å². The Hall–Kier alpha value is -2.69. The second kappa shape index (κ2) is 8.42. The zero-order valence-corrected chi connectivity index (χ0v) is 14.3. The monoisotopic (exact) mass is 343 g/mol. The highest BCUT2D eigenvalue weighted by molar-refractivity contribution is 5.71. The lowest BCUT2D eigenvalue weighted by Gasteiger charge is -2.25. The molecule has 0 saturated heterocycles. The molecule has 4 N–H and O–H groups in total. The fourth-order valence-electron chi connectivity index (χ4n) is 2.67. The Labute approximate surface area is 146 Å². The summed E-state index contributed by atoms with van der Waals surface area (Å²) in [5, 5.41) is 30.9. The van der Waals surface area contributed by atoms with E-state index in [2.05, 4.69) is 16.8 Å². The number of halogens is 1. The summed E-state index contributed by atoms with van der Waals surface area (Å²) in [6.07, 6.45) is 5.11. The fraction of sp³-hybridized carbons (Fsp3) is 0.333. The molecule has 1 aromatic carbocycles. The number of nitrogens with one attached hydrogen (secondary N) is 3. The van der Waals surface area contributed by atoms with Gasteiger partial charge in [-0.05, 0) is 44.2 Å². The summed E-state index contributed by atoms with van der Waals surface area (Å²) in [6, 6.07) is 6.34. The van der Waals surface area contributed by atoms with E-state index in [0.29, 0.717) is 29.1 Å².